The topological polar surface area (TPSA) is 58.6 Å². The molecule has 0 spiro atoms. The zero-order chi connectivity index (χ0) is 12.3. The Morgan fingerprint density at radius 3 is 2.13 bits per heavy atom. The molecule has 0 fully saturated rings. The highest BCUT2D eigenvalue weighted by Crippen LogP contribution is 2.08. The maximum absolute atomic E-state index is 11.3. The Morgan fingerprint density at radius 1 is 1.33 bits per heavy atom. The largest absolute Gasteiger partial charge is 0.459 e. The summed E-state index contributed by atoms with van der Waals surface area (Å²) >= 11 is 0. The first-order valence-corrected chi connectivity index (χ1v) is 5.20. The molecular formula is C11H23NO3. The lowest BCUT2D eigenvalue weighted by molar-refractivity contribution is -0.154. The smallest absolute Gasteiger partial charge is 0.320 e. The number of ether oxygens (including phenoxy) is 1. The minimum absolute atomic E-state index is 0.114. The lowest BCUT2D eigenvalue weighted by atomic mass is 10.0. The van der Waals surface area contributed by atoms with Crippen LogP contribution in [0.4, 0.5) is 0 Å². The molecule has 0 rings (SSSR count). The van der Waals surface area contributed by atoms with Crippen LogP contribution in [0.5, 0.6) is 0 Å². The van der Waals surface area contributed by atoms with Crippen LogP contribution in [0.25, 0.3) is 0 Å². The minimum atomic E-state index is -0.845. The van der Waals surface area contributed by atoms with E-state index in [1.165, 1.54) is 0 Å². The third kappa shape index (κ3) is 7.33. The summed E-state index contributed by atoms with van der Waals surface area (Å²) in [5.41, 5.74) is -1.31. The average molecular weight is 217 g/mol. The van der Waals surface area contributed by atoms with Gasteiger partial charge in [-0.1, -0.05) is 0 Å². The fourth-order valence-corrected chi connectivity index (χ4v) is 0.864. The van der Waals surface area contributed by atoms with Crippen molar-refractivity contribution >= 4 is 5.97 Å². The highest BCUT2D eigenvalue weighted by atomic mass is 16.6. The van der Waals surface area contributed by atoms with E-state index in [2.05, 4.69) is 5.32 Å². The van der Waals surface area contributed by atoms with Crippen molar-refractivity contribution < 1.29 is 14.6 Å². The van der Waals surface area contributed by atoms with Crippen molar-refractivity contribution in [2.24, 2.45) is 0 Å². The zero-order valence-electron chi connectivity index (χ0n) is 10.5. The van der Waals surface area contributed by atoms with Crippen LogP contribution in [0.1, 0.15) is 41.5 Å². The van der Waals surface area contributed by atoms with Crippen LogP contribution in [0.15, 0.2) is 0 Å². The van der Waals surface area contributed by atoms with Crippen molar-refractivity contribution in [2.75, 3.05) is 6.54 Å². The summed E-state index contributed by atoms with van der Waals surface area (Å²) in [5.74, 6) is -0.307. The van der Waals surface area contributed by atoms with Crippen LogP contribution in [0, 0.1) is 0 Å². The maximum Gasteiger partial charge on any atom is 0.320 e. The molecule has 4 nitrogen and oxygen atoms in total. The van der Waals surface area contributed by atoms with Crippen molar-refractivity contribution in [3.63, 3.8) is 0 Å². The van der Waals surface area contributed by atoms with E-state index in [1.54, 1.807) is 13.8 Å². The SMILES string of the molecule is CC(NCC(=O)OC(C)(C)C)C(C)(C)O. The summed E-state index contributed by atoms with van der Waals surface area (Å²) in [7, 11) is 0. The molecular weight excluding hydrogens is 194 g/mol. The predicted molar refractivity (Wildman–Crippen MR) is 59.6 cm³/mol. The molecule has 0 aliphatic heterocycles. The summed E-state index contributed by atoms with van der Waals surface area (Å²) in [6.07, 6.45) is 0. The first kappa shape index (κ1) is 14.4. The van der Waals surface area contributed by atoms with Crippen molar-refractivity contribution in [1.29, 1.82) is 0 Å². The molecule has 0 saturated carbocycles. The fraction of sp³-hybridized carbons (Fsp3) is 0.909. The van der Waals surface area contributed by atoms with E-state index in [0.717, 1.165) is 0 Å². The van der Waals surface area contributed by atoms with Gasteiger partial charge in [0.15, 0.2) is 0 Å². The Balaban J connectivity index is 3.92. The summed E-state index contributed by atoms with van der Waals surface area (Å²) in [4.78, 5) is 11.3. The lowest BCUT2D eigenvalue weighted by Crippen LogP contribution is -2.47. The number of nitrogens with one attached hydrogen (secondary N) is 1. The Morgan fingerprint density at radius 2 is 1.80 bits per heavy atom. The number of rotatable bonds is 4. The quantitative estimate of drug-likeness (QED) is 0.692. The summed E-state index contributed by atoms with van der Waals surface area (Å²) in [6, 6.07) is -0.162. The number of hydrogen-bond acceptors (Lipinski definition) is 4. The van der Waals surface area contributed by atoms with Gasteiger partial charge in [0.25, 0.3) is 0 Å². The van der Waals surface area contributed by atoms with E-state index < -0.39 is 11.2 Å². The molecule has 0 aromatic heterocycles. The molecule has 1 atom stereocenters. The van der Waals surface area contributed by atoms with Crippen LogP contribution in [0.2, 0.25) is 0 Å². The second kappa shape index (κ2) is 4.94. The normalized spacial score (nSPS) is 14.9. The molecule has 0 bridgehead atoms. The predicted octanol–water partition coefficient (Wildman–Crippen LogP) is 1.08. The maximum atomic E-state index is 11.3. The van der Waals surface area contributed by atoms with Crippen LogP contribution in [-0.4, -0.2) is 34.9 Å². The van der Waals surface area contributed by atoms with E-state index >= 15 is 0 Å². The van der Waals surface area contributed by atoms with Gasteiger partial charge in [-0.15, -0.1) is 0 Å². The van der Waals surface area contributed by atoms with Crippen molar-refractivity contribution in [1.82, 2.24) is 5.32 Å². The highest BCUT2D eigenvalue weighted by Gasteiger charge is 2.23. The Bertz CT molecular complexity index is 213. The Hall–Kier alpha value is -0.610. The zero-order valence-corrected chi connectivity index (χ0v) is 10.5. The second-order valence-electron chi connectivity index (χ2n) is 5.34. The van der Waals surface area contributed by atoms with Crippen LogP contribution in [-0.2, 0) is 9.53 Å². The van der Waals surface area contributed by atoms with Gasteiger partial charge in [-0.25, -0.2) is 0 Å². The Kier molecular flexibility index (Phi) is 4.74. The molecule has 0 heterocycles. The van der Waals surface area contributed by atoms with E-state index in [-0.39, 0.29) is 18.6 Å². The van der Waals surface area contributed by atoms with E-state index in [4.69, 9.17) is 4.74 Å². The first-order valence-electron chi connectivity index (χ1n) is 5.20. The molecule has 0 radical (unpaired) electrons. The monoisotopic (exact) mass is 217 g/mol. The average Bonchev–Trinajstić information content (AvgIpc) is 1.94. The molecule has 0 aliphatic rings. The van der Waals surface area contributed by atoms with E-state index in [0.29, 0.717) is 0 Å². The summed E-state index contributed by atoms with van der Waals surface area (Å²) in [6.45, 7) is 10.8. The molecule has 0 saturated heterocycles. The van der Waals surface area contributed by atoms with Crippen molar-refractivity contribution in [3.8, 4) is 0 Å². The molecule has 0 amide bonds. The first-order chi connectivity index (χ1) is 6.52. The van der Waals surface area contributed by atoms with Gasteiger partial charge in [0.1, 0.15) is 5.60 Å². The molecule has 1 unspecified atom stereocenters. The molecule has 90 valence electrons. The number of carbonyl (C=O) groups excluding carboxylic acids is 1. The number of aliphatic hydroxyl groups is 1. The number of carbonyl (C=O) groups is 1. The van der Waals surface area contributed by atoms with Gasteiger partial charge in [-0.3, -0.25) is 4.79 Å². The standard InChI is InChI=1S/C11H23NO3/c1-8(11(5,6)14)12-7-9(13)15-10(2,3)4/h8,12,14H,7H2,1-6H3. The van der Waals surface area contributed by atoms with Gasteiger partial charge in [0.05, 0.1) is 12.1 Å². The number of hydrogen-bond donors (Lipinski definition) is 2. The third-order valence-electron chi connectivity index (χ3n) is 2.03. The van der Waals surface area contributed by atoms with Crippen LogP contribution in [0.3, 0.4) is 0 Å². The van der Waals surface area contributed by atoms with Gasteiger partial charge >= 0.3 is 5.97 Å². The van der Waals surface area contributed by atoms with Crippen molar-refractivity contribution in [2.45, 2.75) is 58.8 Å². The molecule has 0 aromatic rings. The van der Waals surface area contributed by atoms with Gasteiger partial charge in [-0.2, -0.15) is 0 Å². The highest BCUT2D eigenvalue weighted by molar-refractivity contribution is 5.72. The summed E-state index contributed by atoms with van der Waals surface area (Å²) in [5, 5.41) is 12.5. The molecule has 15 heavy (non-hydrogen) atoms. The van der Waals surface area contributed by atoms with Gasteiger partial charge in [0, 0.05) is 6.04 Å². The molecule has 4 heteroatoms. The second-order valence-corrected chi connectivity index (χ2v) is 5.34. The summed E-state index contributed by atoms with van der Waals surface area (Å²) < 4.78 is 5.12. The van der Waals surface area contributed by atoms with Gasteiger partial charge in [0.2, 0.25) is 0 Å². The van der Waals surface area contributed by atoms with Gasteiger partial charge in [-0.05, 0) is 41.5 Å². The molecule has 0 aromatic carbocycles. The third-order valence-corrected chi connectivity index (χ3v) is 2.03. The van der Waals surface area contributed by atoms with Gasteiger partial charge < -0.3 is 15.2 Å². The van der Waals surface area contributed by atoms with Crippen LogP contribution < -0.4 is 5.32 Å². The number of esters is 1. The molecule has 0 aliphatic carbocycles. The minimum Gasteiger partial charge on any atom is -0.459 e. The van der Waals surface area contributed by atoms with Crippen LogP contribution >= 0.6 is 0 Å². The van der Waals surface area contributed by atoms with E-state index in [9.17, 15) is 9.90 Å². The molecule has 2 N–H and O–H groups in total. The lowest BCUT2D eigenvalue weighted by Gasteiger charge is -2.27. The van der Waals surface area contributed by atoms with Crippen molar-refractivity contribution in [3.05, 3.63) is 0 Å². The Labute approximate surface area is 92.0 Å². The fourth-order valence-electron chi connectivity index (χ4n) is 0.864. The van der Waals surface area contributed by atoms with E-state index in [1.807, 2.05) is 27.7 Å².